The Balaban J connectivity index is 1.75. The van der Waals surface area contributed by atoms with E-state index < -0.39 is 0 Å². The smallest absolute Gasteiger partial charge is 0.213 e. The molecule has 4 rings (SSSR count). The number of aromatic nitrogens is 3. The van der Waals surface area contributed by atoms with Gasteiger partial charge in [-0.3, -0.25) is 0 Å². The van der Waals surface area contributed by atoms with Crippen LogP contribution in [0.4, 0.5) is 0 Å². The van der Waals surface area contributed by atoms with Crippen molar-refractivity contribution in [3.63, 3.8) is 0 Å². The number of rotatable bonds is 4. The SMILES string of the molecule is OCc1c(-c2ccccc2)nc2sc(Cc3ccccc3)nn12. The van der Waals surface area contributed by atoms with E-state index in [1.165, 1.54) is 5.56 Å². The van der Waals surface area contributed by atoms with Crippen LogP contribution in [0.3, 0.4) is 0 Å². The van der Waals surface area contributed by atoms with Crippen LogP contribution in [0.5, 0.6) is 0 Å². The molecule has 4 aromatic rings. The van der Waals surface area contributed by atoms with E-state index in [-0.39, 0.29) is 6.61 Å². The molecular formula is C18H15N3OS. The first-order valence-corrected chi connectivity index (χ1v) is 8.24. The molecule has 2 aromatic carbocycles. The van der Waals surface area contributed by atoms with E-state index in [2.05, 4.69) is 22.2 Å². The van der Waals surface area contributed by atoms with Gasteiger partial charge in [0, 0.05) is 12.0 Å². The van der Waals surface area contributed by atoms with Gasteiger partial charge < -0.3 is 5.11 Å². The summed E-state index contributed by atoms with van der Waals surface area (Å²) in [5.74, 6) is 0. The molecule has 2 aromatic heterocycles. The molecule has 0 aliphatic carbocycles. The highest BCUT2D eigenvalue weighted by Crippen LogP contribution is 2.27. The van der Waals surface area contributed by atoms with E-state index in [0.29, 0.717) is 0 Å². The van der Waals surface area contributed by atoms with E-state index in [1.807, 2.05) is 48.5 Å². The molecule has 0 saturated heterocycles. The Morgan fingerprint density at radius 1 is 0.957 bits per heavy atom. The summed E-state index contributed by atoms with van der Waals surface area (Å²) in [7, 11) is 0. The second-order valence-corrected chi connectivity index (χ2v) is 6.32. The van der Waals surface area contributed by atoms with Crippen molar-refractivity contribution in [2.45, 2.75) is 13.0 Å². The quantitative estimate of drug-likeness (QED) is 0.625. The first kappa shape index (κ1) is 14.1. The van der Waals surface area contributed by atoms with Crippen molar-refractivity contribution in [1.82, 2.24) is 14.6 Å². The number of nitrogens with zero attached hydrogens (tertiary/aromatic N) is 3. The number of hydrogen-bond donors (Lipinski definition) is 1. The molecule has 0 fully saturated rings. The zero-order valence-electron chi connectivity index (χ0n) is 12.4. The largest absolute Gasteiger partial charge is 0.390 e. The molecule has 0 bridgehead atoms. The van der Waals surface area contributed by atoms with Gasteiger partial charge in [0.15, 0.2) is 0 Å². The number of hydrogen-bond acceptors (Lipinski definition) is 4. The average molecular weight is 321 g/mol. The maximum absolute atomic E-state index is 9.77. The molecule has 1 N–H and O–H groups in total. The highest BCUT2D eigenvalue weighted by atomic mass is 32.1. The Morgan fingerprint density at radius 2 is 1.65 bits per heavy atom. The molecule has 0 radical (unpaired) electrons. The van der Waals surface area contributed by atoms with Crippen molar-refractivity contribution in [2.24, 2.45) is 0 Å². The van der Waals surface area contributed by atoms with Gasteiger partial charge in [-0.2, -0.15) is 5.10 Å². The van der Waals surface area contributed by atoms with Crippen LogP contribution in [0.2, 0.25) is 0 Å². The van der Waals surface area contributed by atoms with Crippen LogP contribution in [0, 0.1) is 0 Å². The second kappa shape index (κ2) is 5.95. The van der Waals surface area contributed by atoms with E-state index >= 15 is 0 Å². The Bertz CT molecular complexity index is 929. The van der Waals surface area contributed by atoms with Crippen LogP contribution in [0.1, 0.15) is 16.3 Å². The second-order valence-electron chi connectivity index (χ2n) is 5.28. The maximum atomic E-state index is 9.77. The van der Waals surface area contributed by atoms with E-state index in [9.17, 15) is 5.11 Å². The van der Waals surface area contributed by atoms with Crippen LogP contribution in [0.25, 0.3) is 16.2 Å². The summed E-state index contributed by atoms with van der Waals surface area (Å²) < 4.78 is 1.77. The minimum atomic E-state index is -0.0834. The molecule has 0 saturated carbocycles. The lowest BCUT2D eigenvalue weighted by molar-refractivity contribution is 0.275. The van der Waals surface area contributed by atoms with Crippen LogP contribution >= 0.6 is 11.3 Å². The molecule has 4 nitrogen and oxygen atoms in total. The van der Waals surface area contributed by atoms with Crippen LogP contribution < -0.4 is 0 Å². The van der Waals surface area contributed by atoms with Gasteiger partial charge in [0.05, 0.1) is 18.0 Å². The van der Waals surface area contributed by atoms with E-state index in [0.717, 1.165) is 33.3 Å². The number of imidazole rings is 1. The van der Waals surface area contributed by atoms with Crippen LogP contribution in [-0.2, 0) is 13.0 Å². The number of aliphatic hydroxyl groups excluding tert-OH is 1. The molecule has 0 spiro atoms. The first-order chi connectivity index (χ1) is 11.3. The number of fused-ring (bicyclic) bond motifs is 1. The van der Waals surface area contributed by atoms with Gasteiger partial charge in [0.25, 0.3) is 0 Å². The molecule has 0 aliphatic heterocycles. The van der Waals surface area contributed by atoms with E-state index in [1.54, 1.807) is 15.9 Å². The van der Waals surface area contributed by atoms with Gasteiger partial charge >= 0.3 is 0 Å². The molecular weight excluding hydrogens is 306 g/mol. The van der Waals surface area contributed by atoms with Gasteiger partial charge in [0.1, 0.15) is 5.01 Å². The number of benzene rings is 2. The summed E-state index contributed by atoms with van der Waals surface area (Å²) in [5, 5.41) is 15.4. The molecule has 0 amide bonds. The van der Waals surface area contributed by atoms with Crippen LogP contribution in [0.15, 0.2) is 60.7 Å². The number of aliphatic hydroxyl groups is 1. The normalized spacial score (nSPS) is 11.2. The third kappa shape index (κ3) is 2.65. The van der Waals surface area contributed by atoms with Crippen LogP contribution in [-0.4, -0.2) is 19.7 Å². The highest BCUT2D eigenvalue weighted by Gasteiger charge is 2.17. The highest BCUT2D eigenvalue weighted by molar-refractivity contribution is 7.16. The van der Waals surface area contributed by atoms with Gasteiger partial charge in [-0.25, -0.2) is 9.50 Å². The van der Waals surface area contributed by atoms with Crippen molar-refractivity contribution in [3.8, 4) is 11.3 Å². The van der Waals surface area contributed by atoms with E-state index in [4.69, 9.17) is 0 Å². The Kier molecular flexibility index (Phi) is 3.65. The standard InChI is InChI=1S/C18H15N3OS/c22-12-15-17(14-9-5-2-6-10-14)19-18-21(15)20-16(23-18)11-13-7-3-1-4-8-13/h1-10,22H,11-12H2. The van der Waals surface area contributed by atoms with Crippen molar-refractivity contribution < 1.29 is 5.11 Å². The van der Waals surface area contributed by atoms with Crippen molar-refractivity contribution in [3.05, 3.63) is 76.9 Å². The monoisotopic (exact) mass is 321 g/mol. The minimum Gasteiger partial charge on any atom is -0.390 e. The summed E-state index contributed by atoms with van der Waals surface area (Å²) in [6.07, 6.45) is 0.778. The molecule has 0 atom stereocenters. The zero-order valence-corrected chi connectivity index (χ0v) is 13.2. The molecule has 114 valence electrons. The predicted molar refractivity (Wildman–Crippen MR) is 91.5 cm³/mol. The van der Waals surface area contributed by atoms with Crippen molar-refractivity contribution in [1.29, 1.82) is 0 Å². The summed E-state index contributed by atoms with van der Waals surface area (Å²) in [4.78, 5) is 5.49. The summed E-state index contributed by atoms with van der Waals surface area (Å²) >= 11 is 1.57. The predicted octanol–water partition coefficient (Wildman–Crippen LogP) is 3.54. The minimum absolute atomic E-state index is 0.0834. The van der Waals surface area contributed by atoms with Gasteiger partial charge in [-0.1, -0.05) is 72.0 Å². The first-order valence-electron chi connectivity index (χ1n) is 7.42. The maximum Gasteiger partial charge on any atom is 0.213 e. The summed E-state index contributed by atoms with van der Waals surface area (Å²) in [5.41, 5.74) is 3.76. The summed E-state index contributed by atoms with van der Waals surface area (Å²) in [6, 6.07) is 20.1. The van der Waals surface area contributed by atoms with Gasteiger partial charge in [-0.05, 0) is 5.56 Å². The lowest BCUT2D eigenvalue weighted by Crippen LogP contribution is -1.97. The van der Waals surface area contributed by atoms with Crippen molar-refractivity contribution in [2.75, 3.05) is 0 Å². The molecule has 0 aliphatic rings. The fourth-order valence-corrected chi connectivity index (χ4v) is 3.59. The third-order valence-electron chi connectivity index (χ3n) is 3.73. The fraction of sp³-hybridized carbons (Fsp3) is 0.111. The van der Waals surface area contributed by atoms with Gasteiger partial charge in [-0.15, -0.1) is 0 Å². The zero-order chi connectivity index (χ0) is 15.6. The third-order valence-corrected chi connectivity index (χ3v) is 4.64. The van der Waals surface area contributed by atoms with Gasteiger partial charge in [0.2, 0.25) is 4.96 Å². The fourth-order valence-electron chi connectivity index (χ4n) is 2.64. The lowest BCUT2D eigenvalue weighted by atomic mass is 10.1. The molecule has 23 heavy (non-hydrogen) atoms. The van der Waals surface area contributed by atoms with Crippen molar-refractivity contribution >= 4 is 16.3 Å². The molecule has 2 heterocycles. The topological polar surface area (TPSA) is 50.4 Å². The molecule has 5 heteroatoms. The molecule has 0 unspecified atom stereocenters. The lowest BCUT2D eigenvalue weighted by Gasteiger charge is -2.00. The Hall–Kier alpha value is -2.50. The Labute approximate surface area is 137 Å². The average Bonchev–Trinajstić information content (AvgIpc) is 3.13. The Morgan fingerprint density at radius 3 is 2.35 bits per heavy atom. The summed E-state index contributed by atoms with van der Waals surface area (Å²) in [6.45, 7) is -0.0834.